The van der Waals surface area contributed by atoms with Crippen molar-refractivity contribution in [3.63, 3.8) is 0 Å². The van der Waals surface area contributed by atoms with Crippen molar-refractivity contribution in [2.75, 3.05) is 29.1 Å². The van der Waals surface area contributed by atoms with E-state index >= 15 is 0 Å². The van der Waals surface area contributed by atoms with Crippen molar-refractivity contribution in [1.29, 1.82) is 0 Å². The molecule has 7 nitrogen and oxygen atoms in total. The van der Waals surface area contributed by atoms with Gasteiger partial charge < -0.3 is 15.0 Å². The number of benzene rings is 2. The third-order valence-corrected chi connectivity index (χ3v) is 6.12. The van der Waals surface area contributed by atoms with Crippen LogP contribution in [-0.2, 0) is 17.9 Å². The predicted molar refractivity (Wildman–Crippen MR) is 135 cm³/mol. The average Bonchev–Trinajstić information content (AvgIpc) is 3.21. The van der Waals surface area contributed by atoms with E-state index in [1.165, 1.54) is 11.8 Å². The van der Waals surface area contributed by atoms with E-state index in [-0.39, 0.29) is 18.3 Å². The molecule has 1 aromatic heterocycles. The van der Waals surface area contributed by atoms with Crippen molar-refractivity contribution in [3.8, 4) is 5.75 Å². The number of thioether (sulfide) groups is 1. The Hall–Kier alpha value is -2.97. The Morgan fingerprint density at radius 2 is 1.85 bits per heavy atom. The molecular formula is C24H28ClN5O2S. The molecule has 0 unspecified atom stereocenters. The zero-order valence-electron chi connectivity index (χ0n) is 18.8. The number of nitrogens with one attached hydrogen (secondary N) is 1. The molecule has 0 spiro atoms. The molecule has 33 heavy (non-hydrogen) atoms. The van der Waals surface area contributed by atoms with Gasteiger partial charge in [-0.25, -0.2) is 0 Å². The summed E-state index contributed by atoms with van der Waals surface area (Å²) in [5.41, 5.74) is 1.90. The van der Waals surface area contributed by atoms with Gasteiger partial charge in [0, 0.05) is 36.0 Å². The minimum absolute atomic E-state index is 0.109. The fourth-order valence-electron chi connectivity index (χ4n) is 3.20. The predicted octanol–water partition coefficient (Wildman–Crippen LogP) is 5.27. The van der Waals surface area contributed by atoms with Crippen LogP contribution in [0.25, 0.3) is 0 Å². The van der Waals surface area contributed by atoms with E-state index in [4.69, 9.17) is 16.3 Å². The highest BCUT2D eigenvalue weighted by Crippen LogP contribution is 2.21. The summed E-state index contributed by atoms with van der Waals surface area (Å²) in [7, 11) is 0. The van der Waals surface area contributed by atoms with Gasteiger partial charge in [-0.3, -0.25) is 9.36 Å². The molecule has 1 N–H and O–H groups in total. The lowest BCUT2D eigenvalue weighted by Gasteiger charge is -2.21. The van der Waals surface area contributed by atoms with E-state index in [2.05, 4.69) is 40.8 Å². The first-order valence-electron chi connectivity index (χ1n) is 10.7. The Kier molecular flexibility index (Phi) is 9.21. The highest BCUT2D eigenvalue weighted by Gasteiger charge is 2.14. The molecule has 1 heterocycles. The average molecular weight is 486 g/mol. The zero-order valence-corrected chi connectivity index (χ0v) is 20.4. The number of allylic oxidation sites excluding steroid dienone is 1. The van der Waals surface area contributed by atoms with Crippen molar-refractivity contribution in [2.24, 2.45) is 0 Å². The van der Waals surface area contributed by atoms with Gasteiger partial charge >= 0.3 is 0 Å². The Labute approximate surface area is 203 Å². The lowest BCUT2D eigenvalue weighted by atomic mass is 10.2. The first kappa shape index (κ1) is 24.7. The lowest BCUT2D eigenvalue weighted by Crippen LogP contribution is -2.21. The summed E-state index contributed by atoms with van der Waals surface area (Å²) < 4.78 is 7.67. The smallest absolute Gasteiger partial charge is 0.234 e. The normalized spacial score (nSPS) is 10.6. The molecule has 0 radical (unpaired) electrons. The van der Waals surface area contributed by atoms with Crippen molar-refractivity contribution >= 4 is 40.6 Å². The van der Waals surface area contributed by atoms with Crippen LogP contribution in [0.4, 0.5) is 11.4 Å². The maximum Gasteiger partial charge on any atom is 0.234 e. The third-order valence-electron chi connectivity index (χ3n) is 4.90. The monoisotopic (exact) mass is 485 g/mol. The molecule has 3 aromatic rings. The molecule has 9 heteroatoms. The second-order valence-electron chi connectivity index (χ2n) is 7.10. The summed E-state index contributed by atoms with van der Waals surface area (Å²) >= 11 is 7.23. The van der Waals surface area contributed by atoms with E-state index in [1.54, 1.807) is 30.3 Å². The number of hydrogen-bond donors (Lipinski definition) is 1. The summed E-state index contributed by atoms with van der Waals surface area (Å²) in [5.74, 6) is 1.45. The quantitative estimate of drug-likeness (QED) is 0.278. The van der Waals surface area contributed by atoms with Gasteiger partial charge in [0.25, 0.3) is 0 Å². The summed E-state index contributed by atoms with van der Waals surface area (Å²) in [4.78, 5) is 14.7. The van der Waals surface area contributed by atoms with Crippen LogP contribution < -0.4 is 15.0 Å². The molecule has 0 saturated heterocycles. The first-order chi connectivity index (χ1) is 16.0. The van der Waals surface area contributed by atoms with E-state index in [0.717, 1.165) is 24.5 Å². The van der Waals surface area contributed by atoms with Crippen LogP contribution in [0.2, 0.25) is 5.02 Å². The Bertz CT molecular complexity index is 1050. The SMILES string of the molecule is C=CCn1c(COc2ccc(Cl)cc2)nnc1SCC(=O)Nc1ccc(N(CC)CC)cc1. The summed E-state index contributed by atoms with van der Waals surface area (Å²) in [5, 5.41) is 12.7. The van der Waals surface area contributed by atoms with Gasteiger partial charge in [-0.05, 0) is 62.4 Å². The Balaban J connectivity index is 1.57. The molecule has 1 amide bonds. The summed E-state index contributed by atoms with van der Waals surface area (Å²) in [6.45, 7) is 10.7. The van der Waals surface area contributed by atoms with Crippen LogP contribution in [-0.4, -0.2) is 39.5 Å². The number of rotatable bonds is 12. The largest absolute Gasteiger partial charge is 0.486 e. The van der Waals surface area contributed by atoms with Gasteiger partial charge in [0.2, 0.25) is 5.91 Å². The van der Waals surface area contributed by atoms with Crippen molar-refractivity contribution in [3.05, 3.63) is 72.0 Å². The van der Waals surface area contributed by atoms with E-state index in [9.17, 15) is 4.79 Å². The Morgan fingerprint density at radius 3 is 2.48 bits per heavy atom. The van der Waals surface area contributed by atoms with Crippen LogP contribution in [0, 0.1) is 0 Å². The molecule has 0 saturated carbocycles. The molecule has 0 aliphatic rings. The molecular weight excluding hydrogens is 458 g/mol. The summed E-state index contributed by atoms with van der Waals surface area (Å²) in [6.07, 6.45) is 1.76. The van der Waals surface area contributed by atoms with Crippen LogP contribution in [0.15, 0.2) is 66.3 Å². The standard InChI is InChI=1S/C24H28ClN5O2S/c1-4-15-30-22(16-32-21-13-7-18(25)8-14-21)27-28-24(30)33-17-23(31)26-19-9-11-20(12-10-19)29(5-2)6-3/h4,7-14H,1,5-6,15-17H2,2-3H3,(H,26,31). The van der Waals surface area contributed by atoms with Gasteiger partial charge in [0.15, 0.2) is 11.0 Å². The molecule has 174 valence electrons. The molecule has 3 rings (SSSR count). The number of nitrogens with zero attached hydrogens (tertiary/aromatic N) is 4. The number of ether oxygens (including phenoxy) is 1. The van der Waals surface area contributed by atoms with Gasteiger partial charge in [0.1, 0.15) is 12.4 Å². The molecule has 0 aliphatic heterocycles. The second-order valence-corrected chi connectivity index (χ2v) is 8.48. The van der Waals surface area contributed by atoms with Gasteiger partial charge in [0.05, 0.1) is 5.75 Å². The second kappa shape index (κ2) is 12.3. The molecule has 0 fully saturated rings. The van der Waals surface area contributed by atoms with E-state index < -0.39 is 0 Å². The maximum absolute atomic E-state index is 12.5. The third kappa shape index (κ3) is 7.00. The van der Waals surface area contributed by atoms with E-state index in [0.29, 0.717) is 28.3 Å². The van der Waals surface area contributed by atoms with Crippen LogP contribution >= 0.6 is 23.4 Å². The maximum atomic E-state index is 12.5. The molecule has 0 atom stereocenters. The van der Waals surface area contributed by atoms with Crippen LogP contribution in [0.5, 0.6) is 5.75 Å². The number of carbonyl (C=O) groups excluding carboxylic acids is 1. The molecule has 2 aromatic carbocycles. The fourth-order valence-corrected chi connectivity index (χ4v) is 4.09. The fraction of sp³-hybridized carbons (Fsp3) is 0.292. The van der Waals surface area contributed by atoms with Gasteiger partial charge in [-0.15, -0.1) is 16.8 Å². The van der Waals surface area contributed by atoms with Crippen molar-refractivity contribution in [1.82, 2.24) is 14.8 Å². The molecule has 0 aliphatic carbocycles. The number of hydrogen-bond acceptors (Lipinski definition) is 6. The van der Waals surface area contributed by atoms with Gasteiger partial charge in [-0.1, -0.05) is 29.4 Å². The molecule has 0 bridgehead atoms. The first-order valence-corrected chi connectivity index (χ1v) is 12.1. The minimum atomic E-state index is -0.109. The number of aromatic nitrogens is 3. The summed E-state index contributed by atoms with van der Waals surface area (Å²) in [6, 6.07) is 15.0. The van der Waals surface area contributed by atoms with E-state index in [1.807, 2.05) is 28.8 Å². The topological polar surface area (TPSA) is 72.3 Å². The van der Waals surface area contributed by atoms with Crippen molar-refractivity contribution in [2.45, 2.75) is 32.2 Å². The van der Waals surface area contributed by atoms with Crippen LogP contribution in [0.1, 0.15) is 19.7 Å². The lowest BCUT2D eigenvalue weighted by molar-refractivity contribution is -0.113. The highest BCUT2D eigenvalue weighted by atomic mass is 35.5. The van der Waals surface area contributed by atoms with Gasteiger partial charge in [-0.2, -0.15) is 0 Å². The number of amides is 1. The van der Waals surface area contributed by atoms with Crippen LogP contribution in [0.3, 0.4) is 0 Å². The number of anilines is 2. The number of halogens is 1. The minimum Gasteiger partial charge on any atom is -0.486 e. The number of carbonyl (C=O) groups is 1. The Morgan fingerprint density at radius 1 is 1.15 bits per heavy atom. The zero-order chi connectivity index (χ0) is 23.6. The highest BCUT2D eigenvalue weighted by molar-refractivity contribution is 7.99. The van der Waals surface area contributed by atoms with Crippen molar-refractivity contribution < 1.29 is 9.53 Å².